The van der Waals surface area contributed by atoms with Gasteiger partial charge >= 0.3 is 0 Å². The fourth-order valence-corrected chi connectivity index (χ4v) is 4.95. The Bertz CT molecular complexity index is 1130. The van der Waals surface area contributed by atoms with Crippen molar-refractivity contribution in [3.8, 4) is 0 Å². The van der Waals surface area contributed by atoms with Gasteiger partial charge in [0, 0.05) is 26.3 Å². The molecule has 0 aliphatic carbocycles. The van der Waals surface area contributed by atoms with Crippen molar-refractivity contribution in [3.05, 3.63) is 54.1 Å². The van der Waals surface area contributed by atoms with Gasteiger partial charge in [0.1, 0.15) is 6.54 Å². The quantitative estimate of drug-likeness (QED) is 0.679. The van der Waals surface area contributed by atoms with Gasteiger partial charge in [0.25, 0.3) is 0 Å². The highest BCUT2D eigenvalue weighted by Gasteiger charge is 2.29. The van der Waals surface area contributed by atoms with Gasteiger partial charge in [0.05, 0.1) is 16.8 Å². The average Bonchev–Trinajstić information content (AvgIpc) is 3.09. The fourth-order valence-electron chi connectivity index (χ4n) is 3.20. The van der Waals surface area contributed by atoms with Crippen LogP contribution in [0.3, 0.4) is 0 Å². The SMILES string of the molecule is CN(C)S(=O)(=O)c1ccc(N(CC(=O)N2CCc3ccccc32)S(C)(=O)=O)cc1. The Balaban J connectivity index is 1.88. The zero-order valence-corrected chi connectivity index (χ0v) is 18.1. The van der Waals surface area contributed by atoms with Gasteiger partial charge in [-0.1, -0.05) is 18.2 Å². The number of hydrogen-bond acceptors (Lipinski definition) is 5. The van der Waals surface area contributed by atoms with E-state index in [4.69, 9.17) is 0 Å². The smallest absolute Gasteiger partial charge is 0.247 e. The van der Waals surface area contributed by atoms with E-state index >= 15 is 0 Å². The molecule has 0 unspecified atom stereocenters. The predicted molar refractivity (Wildman–Crippen MR) is 112 cm³/mol. The number of hydrogen-bond donors (Lipinski definition) is 0. The van der Waals surface area contributed by atoms with Crippen LogP contribution in [0.1, 0.15) is 5.56 Å². The molecule has 10 heteroatoms. The number of nitrogens with zero attached hydrogens (tertiary/aromatic N) is 3. The first-order valence-corrected chi connectivity index (χ1v) is 12.2. The van der Waals surface area contributed by atoms with Crippen molar-refractivity contribution < 1.29 is 21.6 Å². The lowest BCUT2D eigenvalue weighted by Crippen LogP contribution is -2.42. The minimum absolute atomic E-state index is 0.0412. The largest absolute Gasteiger partial charge is 0.310 e. The highest BCUT2D eigenvalue weighted by atomic mass is 32.2. The molecule has 2 aromatic rings. The Labute approximate surface area is 171 Å². The minimum atomic E-state index is -3.76. The third-order valence-electron chi connectivity index (χ3n) is 4.77. The van der Waals surface area contributed by atoms with Crippen LogP contribution in [-0.2, 0) is 31.3 Å². The third kappa shape index (κ3) is 4.29. The van der Waals surface area contributed by atoms with Crippen LogP contribution in [0.5, 0.6) is 0 Å². The van der Waals surface area contributed by atoms with Crippen molar-refractivity contribution in [1.82, 2.24) is 4.31 Å². The molecule has 0 aromatic heterocycles. The molecule has 29 heavy (non-hydrogen) atoms. The molecule has 0 bridgehead atoms. The van der Waals surface area contributed by atoms with Crippen molar-refractivity contribution in [3.63, 3.8) is 0 Å². The molecule has 156 valence electrons. The first-order chi connectivity index (χ1) is 13.5. The van der Waals surface area contributed by atoms with E-state index in [1.54, 1.807) is 4.90 Å². The highest BCUT2D eigenvalue weighted by Crippen LogP contribution is 2.28. The van der Waals surface area contributed by atoms with E-state index in [2.05, 4.69) is 0 Å². The molecular weight excluding hydrogens is 414 g/mol. The fraction of sp³-hybridized carbons (Fsp3) is 0.316. The second-order valence-electron chi connectivity index (χ2n) is 6.98. The Morgan fingerprint density at radius 3 is 2.21 bits per heavy atom. The predicted octanol–water partition coefficient (Wildman–Crippen LogP) is 1.29. The van der Waals surface area contributed by atoms with Crippen LogP contribution in [0.4, 0.5) is 11.4 Å². The second kappa shape index (κ2) is 7.77. The number of carbonyl (C=O) groups excluding carboxylic acids is 1. The number of carbonyl (C=O) groups is 1. The first kappa shape index (κ1) is 21.3. The van der Waals surface area contributed by atoms with Crippen molar-refractivity contribution in [1.29, 1.82) is 0 Å². The Morgan fingerprint density at radius 2 is 1.62 bits per heavy atom. The van der Waals surface area contributed by atoms with Crippen LogP contribution >= 0.6 is 0 Å². The lowest BCUT2D eigenvalue weighted by atomic mass is 10.2. The third-order valence-corrected chi connectivity index (χ3v) is 7.74. The molecule has 0 fully saturated rings. The van der Waals surface area contributed by atoms with Gasteiger partial charge in [-0.15, -0.1) is 0 Å². The zero-order valence-electron chi connectivity index (χ0n) is 16.4. The summed E-state index contributed by atoms with van der Waals surface area (Å²) in [6.45, 7) is 0.128. The van der Waals surface area contributed by atoms with Crippen LogP contribution in [0, 0.1) is 0 Å². The number of anilines is 2. The Morgan fingerprint density at radius 1 is 1.00 bits per heavy atom. The van der Waals surface area contributed by atoms with Gasteiger partial charge in [-0.25, -0.2) is 21.1 Å². The molecule has 0 N–H and O–H groups in total. The lowest BCUT2D eigenvalue weighted by Gasteiger charge is -2.25. The van der Waals surface area contributed by atoms with Gasteiger partial charge in [0.15, 0.2) is 0 Å². The minimum Gasteiger partial charge on any atom is -0.310 e. The van der Waals surface area contributed by atoms with Crippen LogP contribution < -0.4 is 9.21 Å². The average molecular weight is 438 g/mol. The molecular formula is C19H23N3O5S2. The summed E-state index contributed by atoms with van der Waals surface area (Å²) in [5.41, 5.74) is 2.06. The summed E-state index contributed by atoms with van der Waals surface area (Å²) in [5.74, 6) is -0.342. The zero-order chi connectivity index (χ0) is 21.4. The molecule has 0 spiro atoms. The monoisotopic (exact) mass is 437 g/mol. The maximum Gasteiger partial charge on any atom is 0.247 e. The van der Waals surface area contributed by atoms with Crippen LogP contribution in [0.2, 0.25) is 0 Å². The normalized spacial score (nSPS) is 14.1. The van der Waals surface area contributed by atoms with Crippen LogP contribution in [0.15, 0.2) is 53.4 Å². The summed E-state index contributed by atoms with van der Waals surface area (Å²) in [5, 5.41) is 0. The standard InChI is InChI=1S/C19H23N3O5S2/c1-20(2)29(26,27)17-10-8-16(9-11-17)22(28(3,24)25)14-19(23)21-13-12-15-6-4-5-7-18(15)21/h4-11H,12-14H2,1-3H3. The van der Waals surface area contributed by atoms with E-state index in [-0.39, 0.29) is 23.0 Å². The Hall–Kier alpha value is -2.43. The number of fused-ring (bicyclic) bond motifs is 1. The molecule has 1 heterocycles. The highest BCUT2D eigenvalue weighted by molar-refractivity contribution is 7.92. The molecule has 1 aliphatic heterocycles. The Kier molecular flexibility index (Phi) is 5.70. The summed E-state index contributed by atoms with van der Waals surface area (Å²) in [7, 11) is -4.56. The molecule has 8 nitrogen and oxygen atoms in total. The van der Waals surface area contributed by atoms with Crippen LogP contribution in [-0.4, -0.2) is 60.5 Å². The molecule has 0 saturated heterocycles. The summed E-state index contributed by atoms with van der Waals surface area (Å²) < 4.78 is 51.2. The molecule has 0 atom stereocenters. The number of para-hydroxylation sites is 1. The number of rotatable bonds is 6. The molecule has 0 saturated carbocycles. The summed E-state index contributed by atoms with van der Waals surface area (Å²) in [4.78, 5) is 14.5. The van der Waals surface area contributed by atoms with E-state index < -0.39 is 20.0 Å². The second-order valence-corrected chi connectivity index (χ2v) is 11.0. The van der Waals surface area contributed by atoms with Gasteiger partial charge < -0.3 is 4.90 Å². The number of sulfonamides is 2. The molecule has 2 aromatic carbocycles. The lowest BCUT2D eigenvalue weighted by molar-refractivity contribution is -0.117. The molecule has 0 radical (unpaired) electrons. The maximum absolute atomic E-state index is 12.9. The number of amides is 1. The molecule has 1 amide bonds. The number of benzene rings is 2. The van der Waals surface area contributed by atoms with E-state index in [1.165, 1.54) is 38.4 Å². The summed E-state index contributed by atoms with van der Waals surface area (Å²) in [6.07, 6.45) is 1.74. The van der Waals surface area contributed by atoms with Gasteiger partial charge in [-0.2, -0.15) is 0 Å². The van der Waals surface area contributed by atoms with Crippen molar-refractivity contribution in [2.24, 2.45) is 0 Å². The van der Waals surface area contributed by atoms with E-state index in [1.807, 2.05) is 24.3 Å². The van der Waals surface area contributed by atoms with Crippen molar-refractivity contribution in [2.45, 2.75) is 11.3 Å². The van der Waals surface area contributed by atoms with E-state index in [0.717, 1.165) is 32.5 Å². The maximum atomic E-state index is 12.9. The summed E-state index contributed by atoms with van der Waals surface area (Å²) >= 11 is 0. The van der Waals surface area contributed by atoms with Crippen LogP contribution in [0.25, 0.3) is 0 Å². The van der Waals surface area contributed by atoms with Gasteiger partial charge in [-0.05, 0) is 42.3 Å². The summed E-state index contributed by atoms with van der Waals surface area (Å²) in [6, 6.07) is 13.0. The molecule has 3 rings (SSSR count). The van der Waals surface area contributed by atoms with Gasteiger partial charge in [-0.3, -0.25) is 9.10 Å². The van der Waals surface area contributed by atoms with E-state index in [0.29, 0.717) is 6.54 Å². The van der Waals surface area contributed by atoms with Crippen molar-refractivity contribution >= 4 is 37.3 Å². The first-order valence-electron chi connectivity index (χ1n) is 8.90. The molecule has 1 aliphatic rings. The van der Waals surface area contributed by atoms with Gasteiger partial charge in [0.2, 0.25) is 26.0 Å². The van der Waals surface area contributed by atoms with Crippen molar-refractivity contribution in [2.75, 3.05) is 42.6 Å². The van der Waals surface area contributed by atoms with E-state index in [9.17, 15) is 21.6 Å². The topological polar surface area (TPSA) is 95.1 Å².